The topological polar surface area (TPSA) is 32.3 Å². The molecule has 2 rings (SSSR count). The number of thiocarbonyl (C=S) groups is 1. The van der Waals surface area contributed by atoms with Crippen molar-refractivity contribution in [2.75, 3.05) is 13.6 Å². The zero-order valence-electron chi connectivity index (χ0n) is 14.3. The van der Waals surface area contributed by atoms with Gasteiger partial charge in [0.05, 0.1) is 0 Å². The zero-order chi connectivity index (χ0) is 17.4. The maximum Gasteiger partial charge on any atom is 0.259 e. The molecule has 0 aromatic heterocycles. The zero-order valence-corrected chi connectivity index (χ0v) is 15.1. The first kappa shape index (κ1) is 18.1. The van der Waals surface area contributed by atoms with Crippen LogP contribution in [0.4, 0.5) is 0 Å². The van der Waals surface area contributed by atoms with Crippen LogP contribution in [0.2, 0.25) is 0 Å². The summed E-state index contributed by atoms with van der Waals surface area (Å²) in [6.45, 7) is 2.77. The van der Waals surface area contributed by atoms with E-state index in [1.807, 2.05) is 37.3 Å². The number of benzene rings is 2. The van der Waals surface area contributed by atoms with E-state index < -0.39 is 0 Å². The van der Waals surface area contributed by atoms with Crippen LogP contribution in [0, 0.1) is 6.92 Å². The Balaban J connectivity index is 1.71. The van der Waals surface area contributed by atoms with Crippen molar-refractivity contribution in [3.8, 4) is 0 Å². The molecule has 1 N–H and O–H groups in total. The molecule has 3 nitrogen and oxygen atoms in total. The number of amides is 1. The van der Waals surface area contributed by atoms with Crippen LogP contribution in [0.5, 0.6) is 0 Å². The lowest BCUT2D eigenvalue weighted by Gasteiger charge is -2.19. The molecule has 0 aliphatic carbocycles. The lowest BCUT2D eigenvalue weighted by atomic mass is 10.1. The predicted octanol–water partition coefficient (Wildman–Crippen LogP) is 3.96. The summed E-state index contributed by atoms with van der Waals surface area (Å²) in [5, 5.41) is 3.64. The van der Waals surface area contributed by atoms with Gasteiger partial charge in [0.1, 0.15) is 0 Å². The Morgan fingerprint density at radius 2 is 1.71 bits per heavy atom. The SMILES string of the molecule is Cc1ccc(C(=O)N(C)C(=S)NCCCCc2ccccc2)cc1. The van der Waals surface area contributed by atoms with Crippen LogP contribution in [0.1, 0.15) is 34.3 Å². The predicted molar refractivity (Wildman–Crippen MR) is 103 cm³/mol. The van der Waals surface area contributed by atoms with Crippen molar-refractivity contribution >= 4 is 23.2 Å². The molecule has 0 saturated carbocycles. The number of carbonyl (C=O) groups excluding carboxylic acids is 1. The molecule has 1 amide bonds. The van der Waals surface area contributed by atoms with E-state index in [2.05, 4.69) is 29.6 Å². The lowest BCUT2D eigenvalue weighted by molar-refractivity contribution is 0.0870. The maximum absolute atomic E-state index is 12.4. The molecule has 4 heteroatoms. The number of hydrogen-bond donors (Lipinski definition) is 1. The second-order valence-electron chi connectivity index (χ2n) is 5.90. The number of aryl methyl sites for hydroxylation is 2. The third-order valence-electron chi connectivity index (χ3n) is 3.92. The lowest BCUT2D eigenvalue weighted by Crippen LogP contribution is -2.41. The maximum atomic E-state index is 12.4. The smallest absolute Gasteiger partial charge is 0.259 e. The van der Waals surface area contributed by atoms with Crippen LogP contribution in [0.25, 0.3) is 0 Å². The molecule has 0 bridgehead atoms. The first-order chi connectivity index (χ1) is 11.6. The molecule has 0 fully saturated rings. The first-order valence-electron chi connectivity index (χ1n) is 8.24. The standard InChI is InChI=1S/C20H24N2OS/c1-16-11-13-18(14-12-16)19(23)22(2)20(24)21-15-7-6-10-17-8-4-3-5-9-17/h3-5,8-9,11-14H,6-7,10,15H2,1-2H3,(H,21,24). The first-order valence-corrected chi connectivity index (χ1v) is 8.65. The van der Waals surface area contributed by atoms with Gasteiger partial charge in [0, 0.05) is 19.2 Å². The Hall–Kier alpha value is -2.20. The number of nitrogens with zero attached hydrogens (tertiary/aromatic N) is 1. The van der Waals surface area contributed by atoms with Crippen molar-refractivity contribution < 1.29 is 4.79 Å². The van der Waals surface area contributed by atoms with E-state index in [0.29, 0.717) is 10.7 Å². The molecule has 0 spiro atoms. The molecule has 0 heterocycles. The van der Waals surface area contributed by atoms with Gasteiger partial charge in [-0.15, -0.1) is 0 Å². The average molecular weight is 340 g/mol. The minimum atomic E-state index is -0.0863. The third kappa shape index (κ3) is 5.46. The molecular weight excluding hydrogens is 316 g/mol. The number of rotatable bonds is 6. The molecule has 2 aromatic carbocycles. The van der Waals surface area contributed by atoms with Crippen molar-refractivity contribution in [3.05, 3.63) is 71.3 Å². The van der Waals surface area contributed by atoms with Gasteiger partial charge in [0.25, 0.3) is 5.91 Å². The van der Waals surface area contributed by atoms with Crippen molar-refractivity contribution in [1.82, 2.24) is 10.2 Å². The fourth-order valence-corrected chi connectivity index (χ4v) is 2.58. The normalized spacial score (nSPS) is 10.2. The van der Waals surface area contributed by atoms with Gasteiger partial charge in [-0.3, -0.25) is 9.69 Å². The Morgan fingerprint density at radius 1 is 1.04 bits per heavy atom. The Kier molecular flexibility index (Phi) is 6.94. The van der Waals surface area contributed by atoms with Crippen molar-refractivity contribution in [2.45, 2.75) is 26.2 Å². The highest BCUT2D eigenvalue weighted by molar-refractivity contribution is 7.80. The average Bonchev–Trinajstić information content (AvgIpc) is 2.61. The number of nitrogens with one attached hydrogen (secondary N) is 1. The van der Waals surface area contributed by atoms with E-state index in [4.69, 9.17) is 12.2 Å². The molecule has 0 aliphatic rings. The van der Waals surface area contributed by atoms with E-state index in [9.17, 15) is 4.79 Å². The fraction of sp³-hybridized carbons (Fsp3) is 0.300. The summed E-state index contributed by atoms with van der Waals surface area (Å²) < 4.78 is 0. The largest absolute Gasteiger partial charge is 0.362 e. The molecule has 24 heavy (non-hydrogen) atoms. The summed E-state index contributed by atoms with van der Waals surface area (Å²) >= 11 is 5.32. The van der Waals surface area contributed by atoms with Gasteiger partial charge in [0.15, 0.2) is 5.11 Å². The van der Waals surface area contributed by atoms with E-state index in [1.54, 1.807) is 7.05 Å². The van der Waals surface area contributed by atoms with Crippen LogP contribution in [-0.2, 0) is 6.42 Å². The molecular formula is C20H24N2OS. The Morgan fingerprint density at radius 3 is 2.38 bits per heavy atom. The van der Waals surface area contributed by atoms with Gasteiger partial charge in [-0.1, -0.05) is 48.0 Å². The molecule has 2 aromatic rings. The van der Waals surface area contributed by atoms with Gasteiger partial charge in [-0.2, -0.15) is 0 Å². The number of unbranched alkanes of at least 4 members (excludes halogenated alkanes) is 1. The van der Waals surface area contributed by atoms with Gasteiger partial charge in [0.2, 0.25) is 0 Å². The van der Waals surface area contributed by atoms with Crippen LogP contribution in [-0.4, -0.2) is 29.5 Å². The van der Waals surface area contributed by atoms with E-state index >= 15 is 0 Å². The van der Waals surface area contributed by atoms with Gasteiger partial charge < -0.3 is 5.32 Å². The van der Waals surface area contributed by atoms with Crippen LogP contribution in [0.15, 0.2) is 54.6 Å². The summed E-state index contributed by atoms with van der Waals surface area (Å²) in [5.74, 6) is -0.0863. The molecule has 0 radical (unpaired) electrons. The highest BCUT2D eigenvalue weighted by Crippen LogP contribution is 2.07. The highest BCUT2D eigenvalue weighted by atomic mass is 32.1. The summed E-state index contributed by atoms with van der Waals surface area (Å²) in [5.41, 5.74) is 3.14. The minimum absolute atomic E-state index is 0.0863. The van der Waals surface area contributed by atoms with E-state index in [0.717, 1.165) is 31.4 Å². The van der Waals surface area contributed by atoms with E-state index in [-0.39, 0.29) is 5.91 Å². The summed E-state index contributed by atoms with van der Waals surface area (Å²) in [4.78, 5) is 13.9. The molecule has 0 unspecified atom stereocenters. The van der Waals surface area contributed by atoms with Gasteiger partial charge in [-0.05, 0) is 56.1 Å². The highest BCUT2D eigenvalue weighted by Gasteiger charge is 2.14. The molecule has 0 atom stereocenters. The fourth-order valence-electron chi connectivity index (χ4n) is 2.39. The second kappa shape index (κ2) is 9.18. The third-order valence-corrected chi connectivity index (χ3v) is 4.34. The number of hydrogen-bond acceptors (Lipinski definition) is 2. The molecule has 0 saturated heterocycles. The Labute approximate surface area is 149 Å². The quantitative estimate of drug-likeness (QED) is 0.638. The minimum Gasteiger partial charge on any atom is -0.362 e. The number of carbonyl (C=O) groups is 1. The van der Waals surface area contributed by atoms with Crippen molar-refractivity contribution in [2.24, 2.45) is 0 Å². The molecule has 126 valence electrons. The van der Waals surface area contributed by atoms with Crippen molar-refractivity contribution in [1.29, 1.82) is 0 Å². The molecule has 0 aliphatic heterocycles. The van der Waals surface area contributed by atoms with Gasteiger partial charge >= 0.3 is 0 Å². The van der Waals surface area contributed by atoms with Crippen LogP contribution < -0.4 is 5.32 Å². The summed E-state index contributed by atoms with van der Waals surface area (Å²) in [7, 11) is 1.71. The van der Waals surface area contributed by atoms with Gasteiger partial charge in [-0.25, -0.2) is 0 Å². The monoisotopic (exact) mass is 340 g/mol. The van der Waals surface area contributed by atoms with Crippen LogP contribution >= 0.6 is 12.2 Å². The van der Waals surface area contributed by atoms with Crippen molar-refractivity contribution in [3.63, 3.8) is 0 Å². The van der Waals surface area contributed by atoms with Crippen LogP contribution in [0.3, 0.4) is 0 Å². The summed E-state index contributed by atoms with van der Waals surface area (Å²) in [6, 6.07) is 18.0. The Bertz CT molecular complexity index is 668. The second-order valence-corrected chi connectivity index (χ2v) is 6.29. The van der Waals surface area contributed by atoms with E-state index in [1.165, 1.54) is 10.5 Å². The summed E-state index contributed by atoms with van der Waals surface area (Å²) in [6.07, 6.45) is 3.17.